The summed E-state index contributed by atoms with van der Waals surface area (Å²) >= 11 is 0. The molecule has 0 aromatic heterocycles. The number of nitrogens with one attached hydrogen (secondary N) is 2. The van der Waals surface area contributed by atoms with Crippen LogP contribution in [0.5, 0.6) is 0 Å². The Labute approximate surface area is 114 Å². The summed E-state index contributed by atoms with van der Waals surface area (Å²) in [6.45, 7) is 2.58. The molecular formula is C14H22N2O3. The normalized spacial score (nSPS) is 12.4. The van der Waals surface area contributed by atoms with Gasteiger partial charge in [-0.05, 0) is 5.56 Å². The zero-order chi connectivity index (χ0) is 14.1. The van der Waals surface area contributed by atoms with Crippen molar-refractivity contribution in [3.05, 3.63) is 35.9 Å². The van der Waals surface area contributed by atoms with E-state index in [0.717, 1.165) is 5.56 Å². The summed E-state index contributed by atoms with van der Waals surface area (Å²) in [6.07, 6.45) is -0.302. The average Bonchev–Trinajstić information content (AvgIpc) is 2.43. The molecule has 1 aromatic carbocycles. The molecule has 1 unspecified atom stereocenters. The highest BCUT2D eigenvalue weighted by atomic mass is 16.7. The Kier molecular flexibility index (Phi) is 7.10. The minimum atomic E-state index is -0.302. The van der Waals surface area contributed by atoms with Crippen molar-refractivity contribution in [1.29, 1.82) is 0 Å². The molecule has 5 nitrogen and oxygen atoms in total. The number of carbonyl (C=O) groups excluding carboxylic acids is 1. The van der Waals surface area contributed by atoms with Crippen LogP contribution in [0, 0.1) is 0 Å². The van der Waals surface area contributed by atoms with Crippen molar-refractivity contribution in [2.45, 2.75) is 19.3 Å². The Morgan fingerprint density at radius 3 is 2.32 bits per heavy atom. The first-order valence-electron chi connectivity index (χ1n) is 6.25. The third-order valence-corrected chi connectivity index (χ3v) is 2.81. The van der Waals surface area contributed by atoms with E-state index in [1.165, 1.54) is 6.92 Å². The quantitative estimate of drug-likeness (QED) is 0.691. The van der Waals surface area contributed by atoms with E-state index in [-0.39, 0.29) is 18.2 Å². The summed E-state index contributed by atoms with van der Waals surface area (Å²) in [5, 5.41) is 6.15. The van der Waals surface area contributed by atoms with Crippen molar-refractivity contribution in [3.63, 3.8) is 0 Å². The van der Waals surface area contributed by atoms with Crippen LogP contribution in [0.25, 0.3) is 0 Å². The van der Waals surface area contributed by atoms with Crippen molar-refractivity contribution >= 4 is 5.91 Å². The highest BCUT2D eigenvalue weighted by Crippen LogP contribution is 2.11. The molecule has 0 heterocycles. The number of hydrogen-bond donors (Lipinski definition) is 2. The van der Waals surface area contributed by atoms with Crippen molar-refractivity contribution in [3.8, 4) is 0 Å². The van der Waals surface area contributed by atoms with E-state index in [0.29, 0.717) is 13.1 Å². The summed E-state index contributed by atoms with van der Waals surface area (Å²) < 4.78 is 10.3. The molecule has 0 spiro atoms. The fourth-order valence-electron chi connectivity index (χ4n) is 1.74. The van der Waals surface area contributed by atoms with Gasteiger partial charge < -0.3 is 20.1 Å². The van der Waals surface area contributed by atoms with Crippen LogP contribution in [0.3, 0.4) is 0 Å². The van der Waals surface area contributed by atoms with E-state index in [1.807, 2.05) is 30.3 Å². The minimum absolute atomic E-state index is 0.0258. The highest BCUT2D eigenvalue weighted by molar-refractivity contribution is 5.72. The molecule has 0 aliphatic heterocycles. The number of methoxy groups -OCH3 is 2. The van der Waals surface area contributed by atoms with Crippen molar-refractivity contribution in [2.75, 3.05) is 27.3 Å². The average molecular weight is 266 g/mol. The zero-order valence-electron chi connectivity index (χ0n) is 11.7. The van der Waals surface area contributed by atoms with Gasteiger partial charge in [-0.1, -0.05) is 30.3 Å². The first kappa shape index (κ1) is 15.6. The first-order valence-corrected chi connectivity index (χ1v) is 6.25. The molecule has 1 atom stereocenters. The van der Waals surface area contributed by atoms with Gasteiger partial charge in [0, 0.05) is 40.3 Å². The predicted molar refractivity (Wildman–Crippen MR) is 73.7 cm³/mol. The van der Waals surface area contributed by atoms with E-state index >= 15 is 0 Å². The van der Waals surface area contributed by atoms with Crippen molar-refractivity contribution < 1.29 is 14.3 Å². The molecule has 0 radical (unpaired) electrons. The lowest BCUT2D eigenvalue weighted by Gasteiger charge is -2.22. The number of hydrogen-bond acceptors (Lipinski definition) is 4. The molecule has 106 valence electrons. The summed E-state index contributed by atoms with van der Waals surface area (Å²) in [6, 6.07) is 9.98. The molecule has 0 aliphatic rings. The van der Waals surface area contributed by atoms with Gasteiger partial charge in [0.15, 0.2) is 6.29 Å². The molecule has 0 aliphatic carbocycles. The summed E-state index contributed by atoms with van der Waals surface area (Å²) in [5.41, 5.74) is 1.11. The smallest absolute Gasteiger partial charge is 0.216 e. The molecule has 0 bridgehead atoms. The Bertz CT molecular complexity index is 366. The van der Waals surface area contributed by atoms with Gasteiger partial charge >= 0.3 is 0 Å². The van der Waals surface area contributed by atoms with E-state index < -0.39 is 0 Å². The number of carbonyl (C=O) groups is 1. The molecule has 2 N–H and O–H groups in total. The van der Waals surface area contributed by atoms with E-state index in [1.54, 1.807) is 14.2 Å². The summed E-state index contributed by atoms with van der Waals surface area (Å²) in [7, 11) is 3.20. The Morgan fingerprint density at radius 1 is 1.16 bits per heavy atom. The van der Waals surface area contributed by atoms with Gasteiger partial charge in [-0.25, -0.2) is 0 Å². The zero-order valence-corrected chi connectivity index (χ0v) is 11.7. The largest absolute Gasteiger partial charge is 0.355 e. The Balaban J connectivity index is 2.61. The van der Waals surface area contributed by atoms with Gasteiger partial charge in [0.1, 0.15) is 0 Å². The topological polar surface area (TPSA) is 59.6 Å². The number of ether oxygens (including phenoxy) is 2. The predicted octanol–water partition coefficient (Wildman–Crippen LogP) is 1.07. The van der Waals surface area contributed by atoms with Gasteiger partial charge in [0.05, 0.1) is 0 Å². The van der Waals surface area contributed by atoms with E-state index in [4.69, 9.17) is 9.47 Å². The third-order valence-electron chi connectivity index (χ3n) is 2.81. The molecule has 1 amide bonds. The van der Waals surface area contributed by atoms with E-state index in [2.05, 4.69) is 10.6 Å². The monoisotopic (exact) mass is 266 g/mol. The lowest BCUT2D eigenvalue weighted by molar-refractivity contribution is -0.119. The molecular weight excluding hydrogens is 244 g/mol. The number of benzene rings is 1. The molecule has 5 heteroatoms. The minimum Gasteiger partial charge on any atom is -0.355 e. The SMILES string of the molecule is COC(CNC(CNC(C)=O)c1ccccc1)OC. The maximum atomic E-state index is 11.0. The third kappa shape index (κ3) is 5.83. The van der Waals surface area contributed by atoms with Crippen molar-refractivity contribution in [1.82, 2.24) is 10.6 Å². The van der Waals surface area contributed by atoms with Crippen LogP contribution in [0.4, 0.5) is 0 Å². The van der Waals surface area contributed by atoms with Crippen molar-refractivity contribution in [2.24, 2.45) is 0 Å². The fraction of sp³-hybridized carbons (Fsp3) is 0.500. The van der Waals surface area contributed by atoms with Crippen LogP contribution in [-0.4, -0.2) is 39.5 Å². The van der Waals surface area contributed by atoms with Crippen LogP contribution < -0.4 is 10.6 Å². The molecule has 0 saturated carbocycles. The van der Waals surface area contributed by atoms with Crippen LogP contribution in [0.2, 0.25) is 0 Å². The van der Waals surface area contributed by atoms with Gasteiger partial charge in [0.25, 0.3) is 0 Å². The standard InChI is InChI=1S/C14H22N2O3/c1-11(17)15-9-13(12-7-5-4-6-8-12)16-10-14(18-2)19-3/h4-8,13-14,16H,9-10H2,1-3H3,(H,15,17). The second-order valence-electron chi connectivity index (χ2n) is 4.21. The fourth-order valence-corrected chi connectivity index (χ4v) is 1.74. The molecule has 0 fully saturated rings. The van der Waals surface area contributed by atoms with Crippen LogP contribution in [-0.2, 0) is 14.3 Å². The van der Waals surface area contributed by atoms with Crippen LogP contribution in [0.15, 0.2) is 30.3 Å². The number of rotatable bonds is 8. The lowest BCUT2D eigenvalue weighted by atomic mass is 10.1. The highest BCUT2D eigenvalue weighted by Gasteiger charge is 2.13. The second kappa shape index (κ2) is 8.63. The van der Waals surface area contributed by atoms with Gasteiger partial charge in [-0.2, -0.15) is 0 Å². The number of amides is 1. The van der Waals surface area contributed by atoms with Gasteiger partial charge in [0.2, 0.25) is 5.91 Å². The molecule has 19 heavy (non-hydrogen) atoms. The van der Waals surface area contributed by atoms with E-state index in [9.17, 15) is 4.79 Å². The summed E-state index contributed by atoms with van der Waals surface area (Å²) in [5.74, 6) is -0.0437. The van der Waals surface area contributed by atoms with Crippen LogP contribution in [0.1, 0.15) is 18.5 Å². The maximum Gasteiger partial charge on any atom is 0.216 e. The summed E-state index contributed by atoms with van der Waals surface area (Å²) in [4.78, 5) is 11.0. The van der Waals surface area contributed by atoms with Gasteiger partial charge in [-0.3, -0.25) is 4.79 Å². The molecule has 0 saturated heterocycles. The molecule has 1 rings (SSSR count). The Morgan fingerprint density at radius 2 is 1.79 bits per heavy atom. The molecule has 1 aromatic rings. The lowest BCUT2D eigenvalue weighted by Crippen LogP contribution is -2.38. The second-order valence-corrected chi connectivity index (χ2v) is 4.21. The first-order chi connectivity index (χ1) is 9.17. The van der Waals surface area contributed by atoms with Crippen LogP contribution >= 0.6 is 0 Å². The van der Waals surface area contributed by atoms with Gasteiger partial charge in [-0.15, -0.1) is 0 Å². The maximum absolute atomic E-state index is 11.0. The Hall–Kier alpha value is -1.43.